The van der Waals surface area contributed by atoms with Crippen LogP contribution in [0.4, 0.5) is 8.78 Å². The summed E-state index contributed by atoms with van der Waals surface area (Å²) < 4.78 is 32.2. The maximum absolute atomic E-state index is 13.4. The molecule has 25 heavy (non-hydrogen) atoms. The van der Waals surface area contributed by atoms with Crippen molar-refractivity contribution >= 4 is 5.91 Å². The zero-order valence-electron chi connectivity index (χ0n) is 13.9. The Bertz CT molecular complexity index is 765. The zero-order valence-corrected chi connectivity index (χ0v) is 13.9. The van der Waals surface area contributed by atoms with Gasteiger partial charge < -0.3 is 15.4 Å². The van der Waals surface area contributed by atoms with E-state index in [0.717, 1.165) is 23.3 Å². The molecule has 0 aliphatic carbocycles. The minimum absolute atomic E-state index is 0.209. The van der Waals surface area contributed by atoms with Crippen molar-refractivity contribution < 1.29 is 18.3 Å². The fourth-order valence-corrected chi connectivity index (χ4v) is 2.88. The molecule has 0 aromatic heterocycles. The van der Waals surface area contributed by atoms with E-state index in [1.807, 2.05) is 31.2 Å². The molecule has 1 fully saturated rings. The summed E-state index contributed by atoms with van der Waals surface area (Å²) in [7, 11) is 0. The van der Waals surface area contributed by atoms with Crippen LogP contribution >= 0.6 is 0 Å². The number of hydrogen-bond acceptors (Lipinski definition) is 3. The number of amides is 1. The van der Waals surface area contributed by atoms with E-state index in [4.69, 9.17) is 10.5 Å². The molecule has 0 saturated carbocycles. The van der Waals surface area contributed by atoms with Crippen LogP contribution in [0.25, 0.3) is 0 Å². The second-order valence-electron chi connectivity index (χ2n) is 6.21. The lowest BCUT2D eigenvalue weighted by molar-refractivity contribution is -0.140. The van der Waals surface area contributed by atoms with E-state index in [-0.39, 0.29) is 12.5 Å². The second kappa shape index (κ2) is 7.29. The Balaban J connectivity index is 1.72. The van der Waals surface area contributed by atoms with Crippen molar-refractivity contribution in [3.8, 4) is 0 Å². The zero-order chi connectivity index (χ0) is 18.0. The molecule has 1 aliphatic heterocycles. The average Bonchev–Trinajstić information content (AvgIpc) is 2.63. The van der Waals surface area contributed by atoms with Gasteiger partial charge in [-0.3, -0.25) is 4.79 Å². The molecule has 2 aromatic rings. The lowest BCUT2D eigenvalue weighted by atomic mass is 10.0. The summed E-state index contributed by atoms with van der Waals surface area (Å²) in [5.41, 5.74) is 8.44. The Morgan fingerprint density at radius 3 is 2.60 bits per heavy atom. The fraction of sp³-hybridized carbons (Fsp3) is 0.316. The predicted octanol–water partition coefficient (Wildman–Crippen LogP) is 2.87. The third-order valence-electron chi connectivity index (χ3n) is 4.40. The highest BCUT2D eigenvalue weighted by molar-refractivity contribution is 5.83. The molecule has 2 aromatic carbocycles. The van der Waals surface area contributed by atoms with E-state index in [1.54, 1.807) is 4.90 Å². The molecule has 0 radical (unpaired) electrons. The number of hydrogen-bond donors (Lipinski definition) is 1. The maximum Gasteiger partial charge on any atom is 0.244 e. The molecule has 1 heterocycles. The summed E-state index contributed by atoms with van der Waals surface area (Å²) in [6.07, 6.45) is -0.502. The molecular formula is C19H20F2N2O2. The average molecular weight is 346 g/mol. The first-order valence-electron chi connectivity index (χ1n) is 8.13. The number of halogens is 2. The van der Waals surface area contributed by atoms with Crippen molar-refractivity contribution in [3.63, 3.8) is 0 Å². The monoisotopic (exact) mass is 346 g/mol. The summed E-state index contributed by atoms with van der Waals surface area (Å²) in [6.45, 7) is 2.95. The quantitative estimate of drug-likeness (QED) is 0.930. The van der Waals surface area contributed by atoms with Gasteiger partial charge >= 0.3 is 0 Å². The van der Waals surface area contributed by atoms with Crippen molar-refractivity contribution in [1.29, 1.82) is 0 Å². The molecule has 1 saturated heterocycles. The highest BCUT2D eigenvalue weighted by Crippen LogP contribution is 2.25. The van der Waals surface area contributed by atoms with Crippen LogP contribution in [0.5, 0.6) is 0 Å². The molecule has 6 heteroatoms. The van der Waals surface area contributed by atoms with Gasteiger partial charge in [-0.25, -0.2) is 8.78 Å². The number of morpholine rings is 1. The van der Waals surface area contributed by atoms with Crippen LogP contribution in [0.15, 0.2) is 42.5 Å². The first kappa shape index (κ1) is 17.5. The van der Waals surface area contributed by atoms with E-state index in [9.17, 15) is 13.6 Å². The molecule has 0 spiro atoms. The molecule has 4 nitrogen and oxygen atoms in total. The lowest BCUT2D eigenvalue weighted by Gasteiger charge is -2.34. The largest absolute Gasteiger partial charge is 0.370 e. The third-order valence-corrected chi connectivity index (χ3v) is 4.40. The minimum Gasteiger partial charge on any atom is -0.370 e. The lowest BCUT2D eigenvalue weighted by Crippen LogP contribution is -2.46. The van der Waals surface area contributed by atoms with Gasteiger partial charge in [-0.05, 0) is 30.2 Å². The topological polar surface area (TPSA) is 55.6 Å². The van der Waals surface area contributed by atoms with Gasteiger partial charge in [0, 0.05) is 6.54 Å². The summed E-state index contributed by atoms with van der Waals surface area (Å²) >= 11 is 0. The van der Waals surface area contributed by atoms with Gasteiger partial charge in [-0.1, -0.05) is 35.9 Å². The number of aryl methyl sites for hydroxylation is 1. The van der Waals surface area contributed by atoms with E-state index in [2.05, 4.69) is 0 Å². The van der Waals surface area contributed by atoms with Crippen LogP contribution in [0.3, 0.4) is 0 Å². The van der Waals surface area contributed by atoms with Crippen LogP contribution in [0.2, 0.25) is 0 Å². The molecule has 132 valence electrons. The Morgan fingerprint density at radius 2 is 1.92 bits per heavy atom. The van der Waals surface area contributed by atoms with Crippen LogP contribution < -0.4 is 5.73 Å². The second-order valence-corrected chi connectivity index (χ2v) is 6.21. The van der Waals surface area contributed by atoms with Gasteiger partial charge in [0.25, 0.3) is 0 Å². The van der Waals surface area contributed by atoms with Crippen molar-refractivity contribution in [3.05, 3.63) is 70.8 Å². The van der Waals surface area contributed by atoms with Gasteiger partial charge in [0.2, 0.25) is 5.91 Å². The van der Waals surface area contributed by atoms with Gasteiger partial charge in [0.1, 0.15) is 12.1 Å². The van der Waals surface area contributed by atoms with E-state index >= 15 is 0 Å². The highest BCUT2D eigenvalue weighted by atomic mass is 19.2. The Morgan fingerprint density at radius 1 is 1.20 bits per heavy atom. The fourth-order valence-electron chi connectivity index (χ4n) is 2.88. The van der Waals surface area contributed by atoms with Gasteiger partial charge in [0.05, 0.1) is 13.2 Å². The minimum atomic E-state index is -0.930. The number of nitrogens with two attached hydrogens (primary N) is 1. The number of benzene rings is 2. The summed E-state index contributed by atoms with van der Waals surface area (Å²) in [6, 6.07) is 10.4. The van der Waals surface area contributed by atoms with Crippen LogP contribution in [0, 0.1) is 18.6 Å². The summed E-state index contributed by atoms with van der Waals surface area (Å²) in [5.74, 6) is -2.05. The maximum atomic E-state index is 13.4. The van der Waals surface area contributed by atoms with E-state index < -0.39 is 23.8 Å². The first-order valence-corrected chi connectivity index (χ1v) is 8.13. The molecule has 0 bridgehead atoms. The standard InChI is InChI=1S/C19H20F2N2O2/c1-12-2-4-13(5-3-12)18(22)19(24)23-8-9-25-17(11-23)14-6-7-15(20)16(21)10-14/h2-7,10,17-18H,8-9,11,22H2,1H3. The van der Waals surface area contributed by atoms with Crippen LogP contribution in [-0.2, 0) is 9.53 Å². The van der Waals surface area contributed by atoms with Crippen LogP contribution in [0.1, 0.15) is 28.8 Å². The number of rotatable bonds is 3. The molecule has 2 N–H and O–H groups in total. The summed E-state index contributed by atoms with van der Waals surface area (Å²) in [4.78, 5) is 14.3. The van der Waals surface area contributed by atoms with Gasteiger partial charge in [-0.15, -0.1) is 0 Å². The number of nitrogens with zero attached hydrogens (tertiary/aromatic N) is 1. The number of carbonyl (C=O) groups is 1. The molecule has 2 unspecified atom stereocenters. The molecule has 2 atom stereocenters. The van der Waals surface area contributed by atoms with Gasteiger partial charge in [0.15, 0.2) is 11.6 Å². The first-order chi connectivity index (χ1) is 12.0. The number of ether oxygens (including phenoxy) is 1. The van der Waals surface area contributed by atoms with Gasteiger partial charge in [-0.2, -0.15) is 0 Å². The predicted molar refractivity (Wildman–Crippen MR) is 89.7 cm³/mol. The van der Waals surface area contributed by atoms with Crippen molar-refractivity contribution in [2.24, 2.45) is 5.73 Å². The van der Waals surface area contributed by atoms with Crippen LogP contribution in [-0.4, -0.2) is 30.5 Å². The van der Waals surface area contributed by atoms with E-state index in [1.165, 1.54) is 6.07 Å². The van der Waals surface area contributed by atoms with E-state index in [0.29, 0.717) is 18.7 Å². The SMILES string of the molecule is Cc1ccc(C(N)C(=O)N2CCOC(c3ccc(F)c(F)c3)C2)cc1. The number of carbonyl (C=O) groups excluding carboxylic acids is 1. The Labute approximate surface area is 145 Å². The van der Waals surface area contributed by atoms with Crippen molar-refractivity contribution in [2.45, 2.75) is 19.1 Å². The highest BCUT2D eigenvalue weighted by Gasteiger charge is 2.29. The summed E-state index contributed by atoms with van der Waals surface area (Å²) in [5, 5.41) is 0. The molecule has 1 amide bonds. The smallest absolute Gasteiger partial charge is 0.244 e. The third kappa shape index (κ3) is 3.86. The molecular weight excluding hydrogens is 326 g/mol. The normalized spacial score (nSPS) is 18.9. The molecule has 3 rings (SSSR count). The van der Waals surface area contributed by atoms with Crippen molar-refractivity contribution in [2.75, 3.05) is 19.7 Å². The van der Waals surface area contributed by atoms with Crippen molar-refractivity contribution in [1.82, 2.24) is 4.90 Å². The Kier molecular flexibility index (Phi) is 5.11. The molecule has 1 aliphatic rings. The Hall–Kier alpha value is -2.31.